The van der Waals surface area contributed by atoms with Crippen molar-refractivity contribution in [3.63, 3.8) is 0 Å². The third-order valence-electron chi connectivity index (χ3n) is 2.17. The van der Waals surface area contributed by atoms with Crippen LogP contribution in [0.15, 0.2) is 11.1 Å². The van der Waals surface area contributed by atoms with Gasteiger partial charge in [-0.2, -0.15) is 0 Å². The zero-order valence-corrected chi connectivity index (χ0v) is 8.71. The maximum atomic E-state index is 13.3. The first-order valence-corrected chi connectivity index (χ1v) is 5.65. The Balaban J connectivity index is 3.06. The minimum atomic E-state index is -4.38. The molecule has 0 aliphatic rings. The number of aromatic nitrogens is 1. The molecular weight excluding hydrogens is 264 g/mol. The Morgan fingerprint density at radius 1 is 1.00 bits per heavy atom. The van der Waals surface area contributed by atoms with E-state index in [1.54, 1.807) is 0 Å². The molecule has 1 aromatic heterocycles. The quantitative estimate of drug-likeness (QED) is 0.465. The van der Waals surface area contributed by atoms with E-state index in [9.17, 15) is 26.0 Å². The minimum Gasteiger partial charge on any atom is -0.357 e. The molecule has 0 unspecified atom stereocenters. The molecule has 0 spiro atoms. The largest absolute Gasteiger partial charge is 0.357 e. The van der Waals surface area contributed by atoms with Gasteiger partial charge in [-0.15, -0.1) is 0 Å². The number of halogens is 4. The third-order valence-corrected chi connectivity index (χ3v) is 3.10. The number of benzene rings is 1. The molecule has 0 bridgehead atoms. The van der Waals surface area contributed by atoms with Gasteiger partial charge in [-0.1, -0.05) is 0 Å². The Kier molecular flexibility index (Phi) is 2.40. The summed E-state index contributed by atoms with van der Waals surface area (Å²) in [6.07, 6.45) is 0.658. The van der Waals surface area contributed by atoms with Crippen LogP contribution < -0.4 is 5.14 Å². The molecule has 0 saturated carbocycles. The fourth-order valence-corrected chi connectivity index (χ4v) is 2.13. The van der Waals surface area contributed by atoms with E-state index in [4.69, 9.17) is 5.14 Å². The highest BCUT2D eigenvalue weighted by Gasteiger charge is 2.26. The van der Waals surface area contributed by atoms with Crippen LogP contribution in [0.2, 0.25) is 0 Å². The van der Waals surface area contributed by atoms with Crippen LogP contribution in [0, 0.1) is 23.3 Å². The summed E-state index contributed by atoms with van der Waals surface area (Å²) in [5.74, 6) is -7.66. The van der Waals surface area contributed by atoms with Crippen molar-refractivity contribution in [2.24, 2.45) is 5.14 Å². The van der Waals surface area contributed by atoms with Gasteiger partial charge in [-0.25, -0.2) is 31.1 Å². The second kappa shape index (κ2) is 3.44. The molecule has 0 saturated heterocycles. The Hall–Kier alpha value is -1.61. The lowest BCUT2D eigenvalue weighted by molar-refractivity contribution is 0.417. The standard InChI is InChI=1S/C8H4F4N2O2S/c9-4-3-2(17(13,15)16)1-14-8(3)7(12)6(11)5(4)10/h1,14H,(H2,13,15,16). The molecule has 9 heteroatoms. The van der Waals surface area contributed by atoms with E-state index >= 15 is 0 Å². The molecule has 0 fully saturated rings. The van der Waals surface area contributed by atoms with Gasteiger partial charge < -0.3 is 4.98 Å². The smallest absolute Gasteiger partial charge is 0.240 e. The number of primary sulfonamides is 1. The topological polar surface area (TPSA) is 76.0 Å². The van der Waals surface area contributed by atoms with Crippen molar-refractivity contribution in [2.75, 3.05) is 0 Å². The first-order chi connectivity index (χ1) is 7.75. The fraction of sp³-hybridized carbons (Fsp3) is 0. The van der Waals surface area contributed by atoms with Gasteiger partial charge in [0.05, 0.1) is 10.9 Å². The molecule has 3 N–H and O–H groups in total. The number of rotatable bonds is 1. The molecule has 2 aromatic rings. The summed E-state index contributed by atoms with van der Waals surface area (Å²) < 4.78 is 74.3. The highest BCUT2D eigenvalue weighted by Crippen LogP contribution is 2.30. The summed E-state index contributed by atoms with van der Waals surface area (Å²) in [7, 11) is -4.38. The third kappa shape index (κ3) is 1.58. The Morgan fingerprint density at radius 3 is 2.06 bits per heavy atom. The number of hydrogen-bond acceptors (Lipinski definition) is 2. The average molecular weight is 268 g/mol. The van der Waals surface area contributed by atoms with Gasteiger partial charge in [0.1, 0.15) is 4.90 Å². The zero-order valence-electron chi connectivity index (χ0n) is 7.89. The number of aromatic amines is 1. The number of H-pyrrole nitrogens is 1. The lowest BCUT2D eigenvalue weighted by Gasteiger charge is -2.01. The fourth-order valence-electron chi connectivity index (χ4n) is 1.43. The maximum Gasteiger partial charge on any atom is 0.240 e. The van der Waals surface area contributed by atoms with E-state index in [0.29, 0.717) is 6.20 Å². The predicted molar refractivity (Wildman–Crippen MR) is 49.5 cm³/mol. The van der Waals surface area contributed by atoms with Gasteiger partial charge in [0, 0.05) is 6.20 Å². The molecule has 0 radical (unpaired) electrons. The number of hydrogen-bond donors (Lipinski definition) is 2. The van der Waals surface area contributed by atoms with Gasteiger partial charge in [0.25, 0.3) is 0 Å². The van der Waals surface area contributed by atoms with E-state index in [1.165, 1.54) is 0 Å². The lowest BCUT2D eigenvalue weighted by atomic mass is 10.2. The van der Waals surface area contributed by atoms with E-state index in [-0.39, 0.29) is 0 Å². The van der Waals surface area contributed by atoms with Crippen LogP contribution in [0.25, 0.3) is 10.9 Å². The van der Waals surface area contributed by atoms with Gasteiger partial charge in [0.2, 0.25) is 10.0 Å². The van der Waals surface area contributed by atoms with Crippen LogP contribution in [0.3, 0.4) is 0 Å². The average Bonchev–Trinajstić information content (AvgIpc) is 2.67. The molecular formula is C8H4F4N2O2S. The molecule has 1 heterocycles. The van der Waals surface area contributed by atoms with Gasteiger partial charge in [-0.3, -0.25) is 0 Å². The van der Waals surface area contributed by atoms with Gasteiger partial charge >= 0.3 is 0 Å². The minimum absolute atomic E-state index is 0.658. The van der Waals surface area contributed by atoms with E-state index in [1.807, 2.05) is 4.98 Å². The van der Waals surface area contributed by atoms with Crippen molar-refractivity contribution in [1.29, 1.82) is 0 Å². The highest BCUT2D eigenvalue weighted by atomic mass is 32.2. The summed E-state index contributed by atoms with van der Waals surface area (Å²) in [6.45, 7) is 0. The van der Waals surface area contributed by atoms with E-state index in [0.717, 1.165) is 0 Å². The second-order valence-corrected chi connectivity index (χ2v) is 4.73. The van der Waals surface area contributed by atoms with Crippen molar-refractivity contribution in [2.45, 2.75) is 4.90 Å². The van der Waals surface area contributed by atoms with Crippen molar-refractivity contribution in [1.82, 2.24) is 4.98 Å². The molecule has 0 aliphatic heterocycles. The van der Waals surface area contributed by atoms with Gasteiger partial charge in [0.15, 0.2) is 23.3 Å². The SMILES string of the molecule is NS(=O)(=O)c1c[nH]c2c(F)c(F)c(F)c(F)c12. The van der Waals surface area contributed by atoms with Crippen molar-refractivity contribution < 1.29 is 26.0 Å². The predicted octanol–water partition coefficient (Wildman–Crippen LogP) is 1.37. The van der Waals surface area contributed by atoms with Crippen LogP contribution in [-0.2, 0) is 10.0 Å². The van der Waals surface area contributed by atoms with Crippen molar-refractivity contribution >= 4 is 20.9 Å². The normalized spacial score (nSPS) is 12.3. The van der Waals surface area contributed by atoms with E-state index in [2.05, 4.69) is 0 Å². The summed E-state index contributed by atoms with van der Waals surface area (Å²) >= 11 is 0. The number of sulfonamides is 1. The van der Waals surface area contributed by atoms with Crippen LogP contribution in [0.4, 0.5) is 17.6 Å². The molecule has 17 heavy (non-hydrogen) atoms. The molecule has 92 valence electrons. The second-order valence-electron chi connectivity index (χ2n) is 3.20. The Bertz CT molecular complexity index is 723. The van der Waals surface area contributed by atoms with Crippen LogP contribution in [0.1, 0.15) is 0 Å². The summed E-state index contributed by atoms with van der Waals surface area (Å²) in [5, 5.41) is 3.78. The van der Waals surface area contributed by atoms with Crippen LogP contribution in [-0.4, -0.2) is 13.4 Å². The molecule has 0 amide bonds. The first kappa shape index (κ1) is 11.9. The monoisotopic (exact) mass is 268 g/mol. The summed E-state index contributed by atoms with van der Waals surface area (Å²) in [4.78, 5) is 1.15. The summed E-state index contributed by atoms with van der Waals surface area (Å²) in [5.41, 5.74) is -0.801. The van der Waals surface area contributed by atoms with Crippen LogP contribution in [0.5, 0.6) is 0 Å². The molecule has 1 aromatic carbocycles. The first-order valence-electron chi connectivity index (χ1n) is 4.11. The number of fused-ring (bicyclic) bond motifs is 1. The lowest BCUT2D eigenvalue weighted by Crippen LogP contribution is -2.12. The number of nitrogens with one attached hydrogen (secondary N) is 1. The van der Waals surface area contributed by atoms with E-state index < -0.39 is 49.1 Å². The van der Waals surface area contributed by atoms with Crippen LogP contribution >= 0.6 is 0 Å². The maximum absolute atomic E-state index is 13.3. The molecule has 0 aliphatic carbocycles. The molecule has 2 rings (SSSR count). The highest BCUT2D eigenvalue weighted by molar-refractivity contribution is 7.89. The van der Waals surface area contributed by atoms with Gasteiger partial charge in [-0.05, 0) is 0 Å². The number of nitrogens with two attached hydrogens (primary N) is 1. The Labute approximate surface area is 92.1 Å². The van der Waals surface area contributed by atoms with Crippen molar-refractivity contribution in [3.05, 3.63) is 29.5 Å². The van der Waals surface area contributed by atoms with Crippen molar-refractivity contribution in [3.8, 4) is 0 Å². The Morgan fingerprint density at radius 2 is 1.53 bits per heavy atom. The molecule has 0 atom stereocenters. The zero-order chi connectivity index (χ0) is 13.0. The molecule has 4 nitrogen and oxygen atoms in total. The summed E-state index contributed by atoms with van der Waals surface area (Å²) in [6, 6.07) is 0.